The smallest absolute Gasteiger partial charge is 0.0897 e. The lowest BCUT2D eigenvalue weighted by Crippen LogP contribution is -2.42. The fourth-order valence-corrected chi connectivity index (χ4v) is 4.38. The summed E-state index contributed by atoms with van der Waals surface area (Å²) >= 11 is 0. The predicted octanol–water partition coefficient (Wildman–Crippen LogP) is 4.71. The van der Waals surface area contributed by atoms with Crippen molar-refractivity contribution in [2.45, 2.75) is 95.9 Å². The number of rotatable bonds is 10. The third-order valence-corrected chi connectivity index (χ3v) is 5.66. The molecule has 0 aromatic heterocycles. The molecule has 2 nitrogen and oxygen atoms in total. The van der Waals surface area contributed by atoms with Gasteiger partial charge in [-0.1, -0.05) is 51.9 Å². The van der Waals surface area contributed by atoms with Crippen molar-refractivity contribution in [1.29, 1.82) is 0 Å². The molecule has 1 aliphatic heterocycles. The van der Waals surface area contributed by atoms with Crippen LogP contribution in [0.5, 0.6) is 0 Å². The lowest BCUT2D eigenvalue weighted by atomic mass is 9.69. The average molecular weight is 280 g/mol. The van der Waals surface area contributed by atoms with Gasteiger partial charge in [-0.25, -0.2) is 0 Å². The molecule has 0 radical (unpaired) electrons. The van der Waals surface area contributed by atoms with Crippen molar-refractivity contribution in [2.24, 2.45) is 11.8 Å². The van der Waals surface area contributed by atoms with Crippen LogP contribution >= 0.6 is 0 Å². The van der Waals surface area contributed by atoms with E-state index in [0.717, 1.165) is 18.4 Å². The topological polar surface area (TPSA) is 21.8 Å². The van der Waals surface area contributed by atoms with Gasteiger partial charge in [0.2, 0.25) is 0 Å². The van der Waals surface area contributed by atoms with Crippen LogP contribution in [0.2, 0.25) is 0 Å². The Labute approximate surface area is 124 Å². The summed E-state index contributed by atoms with van der Waals surface area (Å²) in [6.07, 6.45) is 16.9. The lowest BCUT2D eigenvalue weighted by molar-refractivity contribution is -0.0431. The van der Waals surface area contributed by atoms with Crippen LogP contribution in [0.1, 0.15) is 77.6 Å². The Morgan fingerprint density at radius 2 is 1.65 bits per heavy atom. The van der Waals surface area contributed by atoms with Gasteiger partial charge in [-0.05, 0) is 31.6 Å². The highest BCUT2D eigenvalue weighted by Gasteiger charge is 2.59. The first kappa shape index (κ1) is 14.8. The first-order valence-corrected chi connectivity index (χ1v) is 9.17. The summed E-state index contributed by atoms with van der Waals surface area (Å²) in [6.45, 7) is 3.27. The van der Waals surface area contributed by atoms with Crippen LogP contribution in [0.3, 0.4) is 0 Å². The van der Waals surface area contributed by atoms with Crippen LogP contribution in [0.15, 0.2) is 0 Å². The average Bonchev–Trinajstić information content (AvgIpc) is 3.28. The van der Waals surface area contributed by atoms with Crippen LogP contribution in [0.25, 0.3) is 0 Å². The van der Waals surface area contributed by atoms with Gasteiger partial charge >= 0.3 is 0 Å². The maximum absolute atomic E-state index is 6.18. The van der Waals surface area contributed by atoms with E-state index in [0.29, 0.717) is 18.3 Å². The highest BCUT2D eigenvalue weighted by molar-refractivity contribution is 5.07. The Bertz CT molecular complexity index is 291. The van der Waals surface area contributed by atoms with Crippen molar-refractivity contribution in [3.8, 4) is 0 Å². The molecule has 2 heteroatoms. The van der Waals surface area contributed by atoms with E-state index in [-0.39, 0.29) is 0 Å². The fraction of sp³-hybridized carbons (Fsp3) is 1.00. The maximum atomic E-state index is 6.18. The molecule has 116 valence electrons. The van der Waals surface area contributed by atoms with Crippen molar-refractivity contribution >= 4 is 0 Å². The molecule has 4 fully saturated rings. The summed E-state index contributed by atoms with van der Waals surface area (Å²) in [6, 6.07) is 0. The lowest BCUT2D eigenvalue weighted by Gasteiger charge is -2.39. The van der Waals surface area contributed by atoms with Crippen LogP contribution < -0.4 is 0 Å². The second-order valence-electron chi connectivity index (χ2n) is 7.19. The SMILES string of the molecule is CCCCCCCCCCOC1CC2CCC1C1OC21. The predicted molar refractivity (Wildman–Crippen MR) is 81.8 cm³/mol. The molecule has 5 atom stereocenters. The van der Waals surface area contributed by atoms with E-state index < -0.39 is 0 Å². The van der Waals surface area contributed by atoms with Crippen molar-refractivity contribution < 1.29 is 9.47 Å². The zero-order valence-corrected chi connectivity index (χ0v) is 13.2. The van der Waals surface area contributed by atoms with Gasteiger partial charge in [0.15, 0.2) is 0 Å². The minimum Gasteiger partial charge on any atom is -0.378 e. The number of fused-ring (bicyclic) bond motifs is 2. The Kier molecular flexibility index (Phi) is 5.39. The summed E-state index contributed by atoms with van der Waals surface area (Å²) in [5.74, 6) is 1.56. The summed E-state index contributed by atoms with van der Waals surface area (Å²) in [4.78, 5) is 0. The number of hydrogen-bond acceptors (Lipinski definition) is 2. The van der Waals surface area contributed by atoms with Gasteiger partial charge in [0.05, 0.1) is 18.3 Å². The molecular weight excluding hydrogens is 248 g/mol. The highest BCUT2D eigenvalue weighted by atomic mass is 16.6. The Morgan fingerprint density at radius 3 is 2.40 bits per heavy atom. The molecule has 0 amide bonds. The molecule has 1 heterocycles. The number of ether oxygens (including phenoxy) is 2. The summed E-state index contributed by atoms with van der Waals surface area (Å²) in [5.41, 5.74) is 0. The van der Waals surface area contributed by atoms with E-state index in [9.17, 15) is 0 Å². The van der Waals surface area contributed by atoms with Gasteiger partial charge in [0.25, 0.3) is 0 Å². The van der Waals surface area contributed by atoms with Crippen LogP contribution in [0, 0.1) is 11.8 Å². The highest BCUT2D eigenvalue weighted by Crippen LogP contribution is 2.53. The third kappa shape index (κ3) is 3.57. The van der Waals surface area contributed by atoms with E-state index in [2.05, 4.69) is 6.92 Å². The molecule has 0 spiro atoms. The van der Waals surface area contributed by atoms with Gasteiger partial charge in [0.1, 0.15) is 0 Å². The number of hydrogen-bond donors (Lipinski definition) is 0. The van der Waals surface area contributed by atoms with Gasteiger partial charge in [-0.2, -0.15) is 0 Å². The van der Waals surface area contributed by atoms with Gasteiger partial charge < -0.3 is 9.47 Å². The molecular formula is C18H32O2. The van der Waals surface area contributed by atoms with Crippen molar-refractivity contribution in [1.82, 2.24) is 0 Å². The molecule has 0 aromatic carbocycles. The molecule has 20 heavy (non-hydrogen) atoms. The largest absolute Gasteiger partial charge is 0.378 e. The van der Waals surface area contributed by atoms with Crippen LogP contribution in [-0.4, -0.2) is 24.9 Å². The third-order valence-electron chi connectivity index (χ3n) is 5.66. The number of unbranched alkanes of at least 4 members (excludes halogenated alkanes) is 7. The van der Waals surface area contributed by atoms with E-state index in [4.69, 9.17) is 9.47 Å². The summed E-state index contributed by atoms with van der Waals surface area (Å²) in [7, 11) is 0. The summed E-state index contributed by atoms with van der Waals surface area (Å²) < 4.78 is 12.0. The van der Waals surface area contributed by atoms with E-state index >= 15 is 0 Å². The molecule has 4 rings (SSSR count). The van der Waals surface area contributed by atoms with Gasteiger partial charge in [-0.3, -0.25) is 0 Å². The molecule has 5 unspecified atom stereocenters. The second-order valence-corrected chi connectivity index (χ2v) is 7.19. The monoisotopic (exact) mass is 280 g/mol. The Hall–Kier alpha value is -0.0800. The molecule has 4 aliphatic rings. The van der Waals surface area contributed by atoms with Crippen LogP contribution in [-0.2, 0) is 9.47 Å². The fourth-order valence-electron chi connectivity index (χ4n) is 4.38. The standard InChI is InChI=1S/C18H32O2/c1-2-3-4-5-6-7-8-9-12-19-16-13-14-10-11-15(16)18-17(14)20-18/h14-18H,2-13H2,1H3. The molecule has 3 aliphatic carbocycles. The first-order valence-electron chi connectivity index (χ1n) is 9.17. The quantitative estimate of drug-likeness (QED) is 0.427. The summed E-state index contributed by atoms with van der Waals surface area (Å²) in [5, 5.41) is 0. The van der Waals surface area contributed by atoms with Gasteiger partial charge in [-0.15, -0.1) is 0 Å². The molecule has 3 saturated carbocycles. The Balaban J connectivity index is 1.19. The molecule has 2 bridgehead atoms. The van der Waals surface area contributed by atoms with Crippen LogP contribution in [0.4, 0.5) is 0 Å². The Morgan fingerprint density at radius 1 is 0.900 bits per heavy atom. The molecule has 1 saturated heterocycles. The molecule has 0 aromatic rings. The van der Waals surface area contributed by atoms with Gasteiger partial charge in [0, 0.05) is 12.5 Å². The van der Waals surface area contributed by atoms with Crippen molar-refractivity contribution in [3.63, 3.8) is 0 Å². The van der Waals surface area contributed by atoms with Crippen molar-refractivity contribution in [2.75, 3.05) is 6.61 Å². The number of epoxide rings is 1. The minimum atomic E-state index is 0.530. The molecule has 0 N–H and O–H groups in total. The van der Waals surface area contributed by atoms with E-state index in [1.807, 2.05) is 0 Å². The zero-order chi connectivity index (χ0) is 13.8. The second kappa shape index (κ2) is 7.26. The first-order chi connectivity index (χ1) is 9.90. The minimum absolute atomic E-state index is 0.530. The zero-order valence-electron chi connectivity index (χ0n) is 13.2. The maximum Gasteiger partial charge on any atom is 0.0897 e. The van der Waals surface area contributed by atoms with E-state index in [1.165, 1.54) is 70.6 Å². The normalized spacial score (nSPS) is 38.0. The van der Waals surface area contributed by atoms with E-state index in [1.54, 1.807) is 0 Å². The van der Waals surface area contributed by atoms with Crippen molar-refractivity contribution in [3.05, 3.63) is 0 Å².